The predicted molar refractivity (Wildman–Crippen MR) is 104 cm³/mol. The molecule has 0 fully saturated rings. The molecule has 7 heteroatoms. The fraction of sp³-hybridized carbons (Fsp3) is 0.100. The maximum atomic E-state index is 12.2. The molecule has 0 bridgehead atoms. The van der Waals surface area contributed by atoms with Crippen LogP contribution in [0.1, 0.15) is 11.1 Å². The van der Waals surface area contributed by atoms with E-state index in [9.17, 15) is 14.9 Å². The molecule has 0 radical (unpaired) electrons. The van der Waals surface area contributed by atoms with Crippen molar-refractivity contribution in [3.05, 3.63) is 82.1 Å². The van der Waals surface area contributed by atoms with Crippen LogP contribution in [0.2, 0.25) is 0 Å². The molecule has 134 valence electrons. The number of aromatic amines is 1. The van der Waals surface area contributed by atoms with Gasteiger partial charge in [0, 0.05) is 12.1 Å². The topological polar surface area (TPSA) is 98.6 Å². The average molecular weight is 376 g/mol. The Morgan fingerprint density at radius 1 is 1.11 bits per heavy atom. The van der Waals surface area contributed by atoms with E-state index in [1.165, 1.54) is 0 Å². The van der Waals surface area contributed by atoms with Gasteiger partial charge in [-0.05, 0) is 5.56 Å². The van der Waals surface area contributed by atoms with Crippen molar-refractivity contribution in [2.24, 2.45) is 0 Å². The Labute approximate surface area is 160 Å². The number of nitrogens with one attached hydrogen (secondary N) is 2. The third kappa shape index (κ3) is 4.84. The molecule has 1 aromatic heterocycles. The first kappa shape index (κ1) is 18.4. The molecule has 0 spiro atoms. The highest BCUT2D eigenvalue weighted by molar-refractivity contribution is 7.99. The van der Waals surface area contributed by atoms with Crippen LogP contribution >= 0.6 is 11.8 Å². The van der Waals surface area contributed by atoms with Crippen LogP contribution in [0, 0.1) is 11.3 Å². The molecule has 0 saturated carbocycles. The van der Waals surface area contributed by atoms with Crippen molar-refractivity contribution in [1.29, 1.82) is 5.26 Å². The standard InChI is InChI=1S/C20H16N4O2S/c21-11-16-18(15-9-5-2-6-10-15)23-20(24-19(16)26)27-13-17(25)22-12-14-7-3-1-4-8-14/h1-10H,12-13H2,(H,22,25)(H,23,24,26). The third-order valence-corrected chi connectivity index (χ3v) is 4.60. The van der Waals surface area contributed by atoms with E-state index in [0.717, 1.165) is 17.3 Å². The highest BCUT2D eigenvalue weighted by Gasteiger charge is 2.14. The molecular formula is C20H16N4O2S. The molecule has 6 nitrogen and oxygen atoms in total. The summed E-state index contributed by atoms with van der Waals surface area (Å²) in [5, 5.41) is 12.4. The molecule has 27 heavy (non-hydrogen) atoms. The minimum Gasteiger partial charge on any atom is -0.351 e. The monoisotopic (exact) mass is 376 g/mol. The summed E-state index contributed by atoms with van der Waals surface area (Å²) in [6, 6.07) is 20.5. The summed E-state index contributed by atoms with van der Waals surface area (Å²) >= 11 is 1.12. The molecule has 0 aliphatic carbocycles. The Hall–Kier alpha value is -3.37. The fourth-order valence-electron chi connectivity index (χ4n) is 2.41. The summed E-state index contributed by atoms with van der Waals surface area (Å²) in [6.45, 7) is 0.437. The van der Waals surface area contributed by atoms with Gasteiger partial charge in [0.25, 0.3) is 5.56 Å². The number of carbonyl (C=O) groups is 1. The van der Waals surface area contributed by atoms with Gasteiger partial charge in [0.05, 0.1) is 11.4 Å². The van der Waals surface area contributed by atoms with E-state index in [-0.39, 0.29) is 17.2 Å². The fourth-order valence-corrected chi connectivity index (χ4v) is 3.10. The number of nitrogens with zero attached hydrogens (tertiary/aromatic N) is 2. The van der Waals surface area contributed by atoms with Gasteiger partial charge < -0.3 is 10.3 Å². The van der Waals surface area contributed by atoms with Gasteiger partial charge in [-0.3, -0.25) is 9.59 Å². The van der Waals surface area contributed by atoms with Crippen molar-refractivity contribution in [2.75, 3.05) is 5.75 Å². The van der Waals surface area contributed by atoms with Crippen LogP contribution in [0.25, 0.3) is 11.3 Å². The second-order valence-corrected chi connectivity index (χ2v) is 6.59. The van der Waals surface area contributed by atoms with Gasteiger partial charge in [0.1, 0.15) is 11.6 Å². The summed E-state index contributed by atoms with van der Waals surface area (Å²) in [7, 11) is 0. The number of rotatable bonds is 6. The Morgan fingerprint density at radius 3 is 2.44 bits per heavy atom. The Kier molecular flexibility index (Phi) is 6.02. The van der Waals surface area contributed by atoms with Gasteiger partial charge in [0.15, 0.2) is 5.16 Å². The van der Waals surface area contributed by atoms with Crippen molar-refractivity contribution in [1.82, 2.24) is 15.3 Å². The molecular weight excluding hydrogens is 360 g/mol. The molecule has 0 aliphatic rings. The second-order valence-electron chi connectivity index (χ2n) is 5.62. The zero-order valence-electron chi connectivity index (χ0n) is 14.3. The van der Waals surface area contributed by atoms with Crippen LogP contribution in [-0.4, -0.2) is 21.6 Å². The van der Waals surface area contributed by atoms with E-state index in [4.69, 9.17) is 0 Å². The number of benzene rings is 2. The molecule has 0 aliphatic heterocycles. The maximum absolute atomic E-state index is 12.2. The first-order valence-corrected chi connectivity index (χ1v) is 9.19. The van der Waals surface area contributed by atoms with Crippen molar-refractivity contribution in [3.8, 4) is 17.3 Å². The molecule has 1 amide bonds. The molecule has 0 atom stereocenters. The average Bonchev–Trinajstić information content (AvgIpc) is 2.71. The number of thioether (sulfide) groups is 1. The zero-order chi connectivity index (χ0) is 19.1. The Balaban J connectivity index is 1.70. The van der Waals surface area contributed by atoms with Crippen LogP contribution < -0.4 is 10.9 Å². The van der Waals surface area contributed by atoms with Gasteiger partial charge >= 0.3 is 0 Å². The van der Waals surface area contributed by atoms with E-state index in [0.29, 0.717) is 23.0 Å². The van der Waals surface area contributed by atoms with Crippen LogP contribution in [-0.2, 0) is 11.3 Å². The zero-order valence-corrected chi connectivity index (χ0v) is 15.1. The smallest absolute Gasteiger partial charge is 0.270 e. The second kappa shape index (κ2) is 8.83. The number of amides is 1. The van der Waals surface area contributed by atoms with Crippen LogP contribution in [0.15, 0.2) is 70.6 Å². The van der Waals surface area contributed by atoms with E-state index < -0.39 is 5.56 Å². The lowest BCUT2D eigenvalue weighted by Gasteiger charge is -2.07. The number of hydrogen-bond donors (Lipinski definition) is 2. The van der Waals surface area contributed by atoms with Gasteiger partial charge in [-0.1, -0.05) is 72.4 Å². The number of aromatic nitrogens is 2. The third-order valence-electron chi connectivity index (χ3n) is 3.73. The van der Waals surface area contributed by atoms with Crippen molar-refractivity contribution in [2.45, 2.75) is 11.7 Å². The summed E-state index contributed by atoms with van der Waals surface area (Å²) in [4.78, 5) is 31.2. The Morgan fingerprint density at radius 2 is 1.78 bits per heavy atom. The minimum atomic E-state index is -0.515. The predicted octanol–water partition coefficient (Wildman–Crippen LogP) is 2.72. The lowest BCUT2D eigenvalue weighted by atomic mass is 10.1. The quantitative estimate of drug-likeness (QED) is 0.509. The van der Waals surface area contributed by atoms with Gasteiger partial charge in [0.2, 0.25) is 5.91 Å². The van der Waals surface area contributed by atoms with Gasteiger partial charge in [-0.25, -0.2) is 4.98 Å². The van der Waals surface area contributed by atoms with Crippen LogP contribution in [0.4, 0.5) is 0 Å². The normalized spacial score (nSPS) is 10.2. The van der Waals surface area contributed by atoms with Gasteiger partial charge in [-0.2, -0.15) is 5.26 Å². The largest absolute Gasteiger partial charge is 0.351 e. The molecule has 3 aromatic rings. The van der Waals surface area contributed by atoms with E-state index in [1.54, 1.807) is 12.1 Å². The van der Waals surface area contributed by atoms with Crippen molar-refractivity contribution < 1.29 is 4.79 Å². The molecule has 0 saturated heterocycles. The summed E-state index contributed by atoms with van der Waals surface area (Å²) in [5.74, 6) is -0.0623. The van der Waals surface area contributed by atoms with Crippen molar-refractivity contribution in [3.63, 3.8) is 0 Å². The maximum Gasteiger partial charge on any atom is 0.270 e. The van der Waals surface area contributed by atoms with Crippen molar-refractivity contribution >= 4 is 17.7 Å². The molecule has 3 rings (SSSR count). The number of H-pyrrole nitrogens is 1. The first-order valence-electron chi connectivity index (χ1n) is 8.20. The lowest BCUT2D eigenvalue weighted by molar-refractivity contribution is -0.118. The number of carbonyl (C=O) groups excluding carboxylic acids is 1. The van der Waals surface area contributed by atoms with E-state index >= 15 is 0 Å². The summed E-state index contributed by atoms with van der Waals surface area (Å²) in [6.07, 6.45) is 0. The highest BCUT2D eigenvalue weighted by Crippen LogP contribution is 2.21. The van der Waals surface area contributed by atoms with E-state index in [2.05, 4.69) is 15.3 Å². The highest BCUT2D eigenvalue weighted by atomic mass is 32.2. The van der Waals surface area contributed by atoms with Crippen LogP contribution in [0.5, 0.6) is 0 Å². The molecule has 2 aromatic carbocycles. The van der Waals surface area contributed by atoms with Gasteiger partial charge in [-0.15, -0.1) is 0 Å². The summed E-state index contributed by atoms with van der Waals surface area (Å²) < 4.78 is 0. The SMILES string of the molecule is N#Cc1c(-c2ccccc2)nc(SCC(=O)NCc2ccccc2)[nH]c1=O. The lowest BCUT2D eigenvalue weighted by Crippen LogP contribution is -2.25. The number of hydrogen-bond acceptors (Lipinski definition) is 5. The summed E-state index contributed by atoms with van der Waals surface area (Å²) in [5.41, 5.74) is 1.44. The molecule has 2 N–H and O–H groups in total. The minimum absolute atomic E-state index is 0.0425. The number of nitriles is 1. The molecule has 1 heterocycles. The van der Waals surface area contributed by atoms with E-state index in [1.807, 2.05) is 54.6 Å². The van der Waals surface area contributed by atoms with Crippen LogP contribution in [0.3, 0.4) is 0 Å². The first-order chi connectivity index (χ1) is 13.2. The molecule has 0 unspecified atom stereocenters. The Bertz CT molecular complexity index is 1030.